The summed E-state index contributed by atoms with van der Waals surface area (Å²) in [6.07, 6.45) is 6.32. The zero-order valence-electron chi connectivity index (χ0n) is 19.6. The molecule has 3 aromatic rings. The highest BCUT2D eigenvalue weighted by Crippen LogP contribution is 2.35. The van der Waals surface area contributed by atoms with Crippen LogP contribution in [0.1, 0.15) is 44.6 Å². The van der Waals surface area contributed by atoms with Crippen LogP contribution in [0.5, 0.6) is 0 Å². The number of fused-ring (bicyclic) bond motifs is 1. The maximum atomic E-state index is 13.5. The maximum Gasteiger partial charge on any atom is 0.249 e. The summed E-state index contributed by atoms with van der Waals surface area (Å²) >= 11 is 0. The molecule has 0 fully saturated rings. The van der Waals surface area contributed by atoms with Crippen molar-refractivity contribution >= 4 is 17.4 Å². The number of benzene rings is 1. The lowest BCUT2D eigenvalue weighted by atomic mass is 10.1. The van der Waals surface area contributed by atoms with E-state index in [4.69, 9.17) is 4.98 Å². The van der Waals surface area contributed by atoms with Crippen LogP contribution in [0, 0.1) is 17.5 Å². The summed E-state index contributed by atoms with van der Waals surface area (Å²) in [5, 5.41) is 4.24. The molecule has 1 atom stereocenters. The van der Waals surface area contributed by atoms with Gasteiger partial charge in [0.05, 0.1) is 18.9 Å². The highest BCUT2D eigenvalue weighted by atomic mass is 19.2. The normalized spacial score (nSPS) is 15.9. The van der Waals surface area contributed by atoms with Gasteiger partial charge in [-0.15, -0.1) is 0 Å². The minimum atomic E-state index is -1.48. The second kappa shape index (κ2) is 9.44. The Balaban J connectivity index is 1.49. The number of aromatic nitrogens is 4. The smallest absolute Gasteiger partial charge is 0.249 e. The fraction of sp³-hybridized carbons (Fsp3) is 0.417. The summed E-state index contributed by atoms with van der Waals surface area (Å²) in [5.74, 6) is -2.48. The quantitative estimate of drug-likeness (QED) is 0.488. The van der Waals surface area contributed by atoms with Crippen LogP contribution in [0.2, 0.25) is 0 Å². The molecule has 1 amide bonds. The molecule has 1 aliphatic rings. The molecule has 0 aliphatic carbocycles. The van der Waals surface area contributed by atoms with E-state index in [1.54, 1.807) is 28.2 Å². The number of amides is 1. The molecule has 180 valence electrons. The summed E-state index contributed by atoms with van der Waals surface area (Å²) in [4.78, 5) is 25.8. The number of nitrogens with zero attached hydrogens (tertiary/aromatic N) is 6. The molecular weight excluding hydrogens is 445 g/mol. The molecule has 7 nitrogen and oxygen atoms in total. The molecule has 2 aromatic heterocycles. The molecule has 0 N–H and O–H groups in total. The van der Waals surface area contributed by atoms with Crippen LogP contribution in [0.15, 0.2) is 30.7 Å². The second-order valence-electron chi connectivity index (χ2n) is 8.67. The van der Waals surface area contributed by atoms with E-state index in [0.717, 1.165) is 29.2 Å². The fourth-order valence-corrected chi connectivity index (χ4v) is 4.33. The van der Waals surface area contributed by atoms with E-state index in [1.165, 1.54) is 0 Å². The fourth-order valence-electron chi connectivity index (χ4n) is 4.33. The molecule has 0 bridgehead atoms. The molecule has 34 heavy (non-hydrogen) atoms. The van der Waals surface area contributed by atoms with Gasteiger partial charge in [-0.05, 0) is 57.4 Å². The van der Waals surface area contributed by atoms with E-state index in [9.17, 15) is 18.0 Å². The molecule has 1 aromatic carbocycles. The zero-order chi connectivity index (χ0) is 24.6. The Bertz CT molecular complexity index is 1190. The van der Waals surface area contributed by atoms with Crippen LogP contribution in [-0.2, 0) is 24.2 Å². The average Bonchev–Trinajstić information content (AvgIpc) is 3.24. The van der Waals surface area contributed by atoms with Crippen molar-refractivity contribution in [2.75, 3.05) is 16.3 Å². The van der Waals surface area contributed by atoms with Gasteiger partial charge in [-0.2, -0.15) is 5.10 Å². The standard InChI is InChI=1S/C24H27F3N6O/c1-5-32-20-11-28-21(30-23(20)33(14(2)3)15(4)24(32)34)7-6-16-10-29-31(12-16)13-17-8-18(25)22(27)19(26)9-17/h8-12,14-15H,5-7,13H2,1-4H3/t15-/m1/s1. The average molecular weight is 473 g/mol. The van der Waals surface area contributed by atoms with Gasteiger partial charge < -0.3 is 9.80 Å². The van der Waals surface area contributed by atoms with Gasteiger partial charge in [-0.3, -0.25) is 9.48 Å². The van der Waals surface area contributed by atoms with Crippen LogP contribution in [0.25, 0.3) is 0 Å². The summed E-state index contributed by atoms with van der Waals surface area (Å²) in [5.41, 5.74) is 1.90. The largest absolute Gasteiger partial charge is 0.341 e. The van der Waals surface area contributed by atoms with Crippen molar-refractivity contribution < 1.29 is 18.0 Å². The second-order valence-corrected chi connectivity index (χ2v) is 8.67. The Labute approximate surface area is 196 Å². The first kappa shape index (κ1) is 23.7. The third-order valence-corrected chi connectivity index (χ3v) is 5.96. The van der Waals surface area contributed by atoms with E-state index < -0.39 is 17.5 Å². The van der Waals surface area contributed by atoms with Gasteiger partial charge in [0.1, 0.15) is 17.6 Å². The SMILES string of the molecule is CCN1C(=O)[C@@H](C)N(C(C)C)c2nc(CCc3cnn(Cc4cc(F)c(F)c(F)c4)c3)ncc21. The Morgan fingerprint density at radius 1 is 1.06 bits per heavy atom. The first-order valence-electron chi connectivity index (χ1n) is 11.3. The van der Waals surface area contributed by atoms with Crippen LogP contribution in [0.3, 0.4) is 0 Å². The Kier molecular flexibility index (Phi) is 6.58. The molecule has 3 heterocycles. The minimum absolute atomic E-state index is 0.0355. The van der Waals surface area contributed by atoms with Crippen molar-refractivity contribution in [3.05, 3.63) is 65.1 Å². The lowest BCUT2D eigenvalue weighted by Gasteiger charge is -2.42. The predicted octanol–water partition coefficient (Wildman–Crippen LogP) is 3.89. The highest BCUT2D eigenvalue weighted by molar-refractivity contribution is 6.04. The van der Waals surface area contributed by atoms with E-state index in [2.05, 4.69) is 10.1 Å². The molecule has 4 rings (SSSR count). The maximum absolute atomic E-state index is 13.5. The monoisotopic (exact) mass is 472 g/mol. The Hall–Kier alpha value is -3.43. The summed E-state index contributed by atoms with van der Waals surface area (Å²) in [6, 6.07) is 1.72. The summed E-state index contributed by atoms with van der Waals surface area (Å²) < 4.78 is 41.6. The van der Waals surface area contributed by atoms with E-state index in [0.29, 0.717) is 25.2 Å². The van der Waals surface area contributed by atoms with Gasteiger partial charge in [0, 0.05) is 25.2 Å². The number of hydrogen-bond donors (Lipinski definition) is 0. The lowest BCUT2D eigenvalue weighted by molar-refractivity contribution is -0.120. The van der Waals surface area contributed by atoms with Crippen molar-refractivity contribution in [2.45, 2.75) is 59.2 Å². The number of anilines is 2. The molecule has 0 radical (unpaired) electrons. The van der Waals surface area contributed by atoms with Crippen molar-refractivity contribution in [1.82, 2.24) is 19.7 Å². The van der Waals surface area contributed by atoms with Gasteiger partial charge >= 0.3 is 0 Å². The van der Waals surface area contributed by atoms with Gasteiger partial charge in [0.15, 0.2) is 23.3 Å². The molecular formula is C24H27F3N6O. The number of aryl methyl sites for hydroxylation is 2. The molecule has 10 heteroatoms. The van der Waals surface area contributed by atoms with Gasteiger partial charge in [0.2, 0.25) is 5.91 Å². The summed E-state index contributed by atoms with van der Waals surface area (Å²) in [7, 11) is 0. The number of rotatable bonds is 7. The van der Waals surface area contributed by atoms with Crippen molar-refractivity contribution in [2.24, 2.45) is 0 Å². The van der Waals surface area contributed by atoms with E-state index in [-0.39, 0.29) is 30.1 Å². The zero-order valence-corrected chi connectivity index (χ0v) is 19.6. The van der Waals surface area contributed by atoms with Gasteiger partial charge in [-0.1, -0.05) is 0 Å². The van der Waals surface area contributed by atoms with Crippen molar-refractivity contribution in [3.63, 3.8) is 0 Å². The Morgan fingerprint density at radius 2 is 1.76 bits per heavy atom. The Morgan fingerprint density at radius 3 is 2.41 bits per heavy atom. The summed E-state index contributed by atoms with van der Waals surface area (Å²) in [6.45, 7) is 8.55. The van der Waals surface area contributed by atoms with Gasteiger partial charge in [-0.25, -0.2) is 23.1 Å². The lowest BCUT2D eigenvalue weighted by Crippen LogP contribution is -2.54. The molecule has 0 saturated heterocycles. The number of halogens is 3. The molecule has 1 aliphatic heterocycles. The first-order chi connectivity index (χ1) is 16.2. The van der Waals surface area contributed by atoms with Crippen LogP contribution in [0.4, 0.5) is 24.7 Å². The third kappa shape index (κ3) is 4.49. The number of hydrogen-bond acceptors (Lipinski definition) is 5. The highest BCUT2D eigenvalue weighted by Gasteiger charge is 2.37. The third-order valence-electron chi connectivity index (χ3n) is 5.96. The number of likely N-dealkylation sites (N-methyl/N-ethyl adjacent to an activating group) is 1. The van der Waals surface area contributed by atoms with Crippen LogP contribution in [-0.4, -0.2) is 44.3 Å². The van der Waals surface area contributed by atoms with Gasteiger partial charge in [0.25, 0.3) is 0 Å². The van der Waals surface area contributed by atoms with Crippen LogP contribution < -0.4 is 9.80 Å². The van der Waals surface area contributed by atoms with Crippen molar-refractivity contribution in [1.29, 1.82) is 0 Å². The topological polar surface area (TPSA) is 67.2 Å². The molecule has 0 unspecified atom stereocenters. The van der Waals surface area contributed by atoms with Crippen molar-refractivity contribution in [3.8, 4) is 0 Å². The molecule has 0 saturated carbocycles. The molecule has 0 spiro atoms. The first-order valence-corrected chi connectivity index (χ1v) is 11.3. The minimum Gasteiger partial charge on any atom is -0.341 e. The number of carbonyl (C=O) groups is 1. The van der Waals surface area contributed by atoms with Crippen LogP contribution >= 0.6 is 0 Å². The van der Waals surface area contributed by atoms with E-state index >= 15 is 0 Å². The van der Waals surface area contributed by atoms with E-state index in [1.807, 2.05) is 32.6 Å². The predicted molar refractivity (Wildman–Crippen MR) is 122 cm³/mol. The number of carbonyl (C=O) groups excluding carboxylic acids is 1.